The molecule has 1 aliphatic heterocycles. The quantitative estimate of drug-likeness (QED) is 0.849. The van der Waals surface area contributed by atoms with Gasteiger partial charge in [-0.05, 0) is 30.2 Å². The van der Waals surface area contributed by atoms with Crippen molar-refractivity contribution in [1.29, 1.82) is 0 Å². The highest BCUT2D eigenvalue weighted by Crippen LogP contribution is 2.31. The van der Waals surface area contributed by atoms with Gasteiger partial charge < -0.3 is 9.64 Å². The van der Waals surface area contributed by atoms with Crippen molar-refractivity contribution in [2.45, 2.75) is 19.2 Å². The standard InChI is InChI=1S/C16H16F3N3O/c1-11-8-20-15(21-9-11)22-6-7-23-14(10-22)12-2-4-13(5-3-12)16(17,18)19/h2-5,8-9,14H,6-7,10H2,1H3. The number of aromatic nitrogens is 2. The molecule has 0 spiro atoms. The number of rotatable bonds is 2. The van der Waals surface area contributed by atoms with Crippen molar-refractivity contribution in [3.8, 4) is 0 Å². The van der Waals surface area contributed by atoms with Crippen LogP contribution in [-0.2, 0) is 10.9 Å². The van der Waals surface area contributed by atoms with Gasteiger partial charge in [-0.3, -0.25) is 0 Å². The van der Waals surface area contributed by atoms with Gasteiger partial charge >= 0.3 is 6.18 Å². The number of morpholine rings is 1. The molecule has 0 aliphatic carbocycles. The molecule has 1 saturated heterocycles. The minimum absolute atomic E-state index is 0.295. The summed E-state index contributed by atoms with van der Waals surface area (Å²) in [5.41, 5.74) is 1.03. The molecule has 1 aliphatic rings. The number of aryl methyl sites for hydroxylation is 1. The molecule has 3 rings (SSSR count). The van der Waals surface area contributed by atoms with Crippen molar-refractivity contribution in [3.63, 3.8) is 0 Å². The van der Waals surface area contributed by atoms with E-state index in [1.165, 1.54) is 12.1 Å². The summed E-state index contributed by atoms with van der Waals surface area (Å²) < 4.78 is 43.6. The number of alkyl halides is 3. The fourth-order valence-electron chi connectivity index (χ4n) is 2.47. The average Bonchev–Trinajstić information content (AvgIpc) is 2.55. The fraction of sp³-hybridized carbons (Fsp3) is 0.375. The van der Waals surface area contributed by atoms with E-state index in [1.807, 2.05) is 11.8 Å². The van der Waals surface area contributed by atoms with Crippen molar-refractivity contribution in [1.82, 2.24) is 9.97 Å². The number of hydrogen-bond acceptors (Lipinski definition) is 4. The van der Waals surface area contributed by atoms with Crippen LogP contribution in [0.3, 0.4) is 0 Å². The molecule has 1 fully saturated rings. The van der Waals surface area contributed by atoms with E-state index < -0.39 is 11.7 Å². The molecular formula is C16H16F3N3O. The Morgan fingerprint density at radius 1 is 1.13 bits per heavy atom. The maximum Gasteiger partial charge on any atom is 0.416 e. The summed E-state index contributed by atoms with van der Waals surface area (Å²) in [6.07, 6.45) is -1.14. The molecule has 0 N–H and O–H groups in total. The molecule has 4 nitrogen and oxygen atoms in total. The first-order chi connectivity index (χ1) is 10.9. The van der Waals surface area contributed by atoms with Crippen LogP contribution in [0.5, 0.6) is 0 Å². The van der Waals surface area contributed by atoms with Crippen molar-refractivity contribution in [3.05, 3.63) is 53.3 Å². The number of nitrogens with zero attached hydrogens (tertiary/aromatic N) is 3. The fourth-order valence-corrected chi connectivity index (χ4v) is 2.47. The summed E-state index contributed by atoms with van der Waals surface area (Å²) in [5.74, 6) is 0.607. The van der Waals surface area contributed by atoms with Crippen molar-refractivity contribution >= 4 is 5.95 Å². The summed E-state index contributed by atoms with van der Waals surface area (Å²) in [6, 6.07) is 5.10. The van der Waals surface area contributed by atoms with Gasteiger partial charge in [0.1, 0.15) is 6.10 Å². The van der Waals surface area contributed by atoms with Crippen LogP contribution < -0.4 is 4.90 Å². The van der Waals surface area contributed by atoms with Gasteiger partial charge in [-0.15, -0.1) is 0 Å². The third kappa shape index (κ3) is 3.61. The molecule has 7 heteroatoms. The molecule has 2 heterocycles. The highest BCUT2D eigenvalue weighted by molar-refractivity contribution is 5.33. The van der Waals surface area contributed by atoms with E-state index >= 15 is 0 Å². The lowest BCUT2D eigenvalue weighted by Crippen LogP contribution is -2.39. The zero-order valence-corrected chi connectivity index (χ0v) is 12.5. The Bertz CT molecular complexity index is 656. The van der Waals surface area contributed by atoms with Crippen LogP contribution in [-0.4, -0.2) is 29.7 Å². The monoisotopic (exact) mass is 323 g/mol. The smallest absolute Gasteiger partial charge is 0.370 e. The summed E-state index contributed by atoms with van der Waals surface area (Å²) in [6.45, 7) is 3.55. The van der Waals surface area contributed by atoms with Gasteiger partial charge in [0, 0.05) is 18.9 Å². The van der Waals surface area contributed by atoms with Gasteiger partial charge in [-0.25, -0.2) is 9.97 Å². The van der Waals surface area contributed by atoms with Crippen LogP contribution in [0.1, 0.15) is 22.8 Å². The van der Waals surface area contributed by atoms with Gasteiger partial charge in [-0.2, -0.15) is 13.2 Å². The van der Waals surface area contributed by atoms with Crippen molar-refractivity contribution < 1.29 is 17.9 Å². The van der Waals surface area contributed by atoms with E-state index in [4.69, 9.17) is 4.74 Å². The topological polar surface area (TPSA) is 38.2 Å². The molecule has 1 atom stereocenters. The predicted molar refractivity (Wildman–Crippen MR) is 79.1 cm³/mol. The zero-order chi connectivity index (χ0) is 16.4. The number of ether oxygens (including phenoxy) is 1. The lowest BCUT2D eigenvalue weighted by molar-refractivity contribution is -0.137. The molecule has 0 saturated carbocycles. The minimum atomic E-state index is -4.33. The first kappa shape index (κ1) is 15.7. The van der Waals surface area contributed by atoms with E-state index in [0.717, 1.165) is 23.3 Å². The second-order valence-corrected chi connectivity index (χ2v) is 5.49. The molecule has 2 aromatic rings. The second kappa shape index (κ2) is 6.16. The first-order valence-corrected chi connectivity index (χ1v) is 7.26. The van der Waals surface area contributed by atoms with Crippen LogP contribution in [0.25, 0.3) is 0 Å². The minimum Gasteiger partial charge on any atom is -0.370 e. The summed E-state index contributed by atoms with van der Waals surface area (Å²) >= 11 is 0. The molecule has 0 radical (unpaired) electrons. The average molecular weight is 323 g/mol. The summed E-state index contributed by atoms with van der Waals surface area (Å²) in [4.78, 5) is 10.6. The Kier molecular flexibility index (Phi) is 4.21. The molecule has 1 aromatic carbocycles. The molecule has 0 bridgehead atoms. The van der Waals surface area contributed by atoms with Crippen molar-refractivity contribution in [2.75, 3.05) is 24.6 Å². The van der Waals surface area contributed by atoms with Crippen molar-refractivity contribution in [2.24, 2.45) is 0 Å². The Balaban J connectivity index is 1.74. The second-order valence-electron chi connectivity index (χ2n) is 5.49. The van der Waals surface area contributed by atoms with Gasteiger partial charge in [0.15, 0.2) is 0 Å². The molecule has 1 aromatic heterocycles. The van der Waals surface area contributed by atoms with E-state index in [9.17, 15) is 13.2 Å². The van der Waals surface area contributed by atoms with Crippen LogP contribution in [0.15, 0.2) is 36.7 Å². The van der Waals surface area contributed by atoms with Gasteiger partial charge in [0.2, 0.25) is 5.95 Å². The van der Waals surface area contributed by atoms with Gasteiger partial charge in [-0.1, -0.05) is 12.1 Å². The van der Waals surface area contributed by atoms with E-state index in [-0.39, 0.29) is 6.10 Å². The van der Waals surface area contributed by atoms with E-state index in [0.29, 0.717) is 25.6 Å². The van der Waals surface area contributed by atoms with E-state index in [2.05, 4.69) is 9.97 Å². The summed E-state index contributed by atoms with van der Waals surface area (Å²) in [5, 5.41) is 0. The SMILES string of the molecule is Cc1cnc(N2CCOC(c3ccc(C(F)(F)F)cc3)C2)nc1. The molecule has 23 heavy (non-hydrogen) atoms. The predicted octanol–water partition coefficient (Wildman–Crippen LogP) is 3.38. The third-order valence-corrected chi connectivity index (χ3v) is 3.73. The van der Waals surface area contributed by atoms with Crippen LogP contribution in [0, 0.1) is 6.92 Å². The largest absolute Gasteiger partial charge is 0.416 e. The third-order valence-electron chi connectivity index (χ3n) is 3.73. The lowest BCUT2D eigenvalue weighted by atomic mass is 10.1. The highest BCUT2D eigenvalue weighted by Gasteiger charge is 2.31. The molecule has 122 valence electrons. The highest BCUT2D eigenvalue weighted by atomic mass is 19.4. The number of anilines is 1. The molecule has 0 amide bonds. The summed E-state index contributed by atoms with van der Waals surface area (Å²) in [7, 11) is 0. The van der Waals surface area contributed by atoms with E-state index in [1.54, 1.807) is 12.4 Å². The van der Waals surface area contributed by atoms with Crippen LogP contribution in [0.4, 0.5) is 19.1 Å². The first-order valence-electron chi connectivity index (χ1n) is 7.26. The number of halogens is 3. The Hall–Kier alpha value is -2.15. The van der Waals surface area contributed by atoms with Gasteiger partial charge in [0.25, 0.3) is 0 Å². The maximum atomic E-state index is 12.6. The maximum absolute atomic E-state index is 12.6. The van der Waals surface area contributed by atoms with Crippen LogP contribution in [0.2, 0.25) is 0 Å². The van der Waals surface area contributed by atoms with Crippen LogP contribution >= 0.6 is 0 Å². The molecule has 1 unspecified atom stereocenters. The van der Waals surface area contributed by atoms with Gasteiger partial charge in [0.05, 0.1) is 18.7 Å². The Morgan fingerprint density at radius 2 is 1.78 bits per heavy atom. The molecular weight excluding hydrogens is 307 g/mol. The number of benzene rings is 1. The zero-order valence-electron chi connectivity index (χ0n) is 12.5. The number of hydrogen-bond donors (Lipinski definition) is 0. The lowest BCUT2D eigenvalue weighted by Gasteiger charge is -2.33. The normalized spacial score (nSPS) is 19.0. The Morgan fingerprint density at radius 3 is 2.39 bits per heavy atom. The Labute approximate surface area is 131 Å².